The Morgan fingerprint density at radius 3 is 2.83 bits per heavy atom. The summed E-state index contributed by atoms with van der Waals surface area (Å²) in [5.41, 5.74) is 0. The van der Waals surface area contributed by atoms with Crippen LogP contribution < -0.4 is 5.32 Å². The van der Waals surface area contributed by atoms with Crippen LogP contribution >= 0.6 is 11.3 Å². The third-order valence-corrected chi connectivity index (χ3v) is 5.30. The molecule has 18 heavy (non-hydrogen) atoms. The Kier molecular flexibility index (Phi) is 3.64. The molecule has 0 aliphatic carbocycles. The fraction of sp³-hybridized carbons (Fsp3) is 0.333. The van der Waals surface area contributed by atoms with E-state index in [9.17, 15) is 8.42 Å². The first-order valence-corrected chi connectivity index (χ1v) is 7.29. The maximum absolute atomic E-state index is 12.2. The Labute approximate surface area is 108 Å². The zero-order valence-electron chi connectivity index (χ0n) is 9.82. The summed E-state index contributed by atoms with van der Waals surface area (Å²) in [5, 5.41) is 10.6. The summed E-state index contributed by atoms with van der Waals surface area (Å²) in [5.74, 6) is 0.569. The Morgan fingerprint density at radius 2 is 2.28 bits per heavy atom. The molecule has 0 atom stereocenters. The van der Waals surface area contributed by atoms with Crippen molar-refractivity contribution in [3.8, 4) is 0 Å². The zero-order chi connectivity index (χ0) is 13.2. The van der Waals surface area contributed by atoms with Gasteiger partial charge in [-0.2, -0.15) is 4.31 Å². The lowest BCUT2D eigenvalue weighted by Crippen LogP contribution is -2.26. The van der Waals surface area contributed by atoms with Gasteiger partial charge < -0.3 is 9.73 Å². The van der Waals surface area contributed by atoms with Crippen LogP contribution in [0, 0.1) is 0 Å². The number of sulfonamides is 1. The van der Waals surface area contributed by atoms with Gasteiger partial charge in [0.05, 0.1) is 12.8 Å². The average molecular weight is 288 g/mol. The van der Waals surface area contributed by atoms with Crippen molar-refractivity contribution >= 4 is 26.5 Å². The van der Waals surface area contributed by atoms with Crippen molar-refractivity contribution in [2.45, 2.75) is 10.9 Å². The van der Waals surface area contributed by atoms with Crippen LogP contribution in [0.25, 0.3) is 0 Å². The molecule has 9 heteroatoms. The van der Waals surface area contributed by atoms with Gasteiger partial charge in [0.1, 0.15) is 5.76 Å². The first-order chi connectivity index (χ1) is 8.54. The summed E-state index contributed by atoms with van der Waals surface area (Å²) in [6.07, 6.45) is 1.50. The molecule has 0 saturated carbocycles. The number of hydrogen-bond acceptors (Lipinski definition) is 7. The van der Waals surface area contributed by atoms with Crippen LogP contribution in [0.1, 0.15) is 5.76 Å². The summed E-state index contributed by atoms with van der Waals surface area (Å²) in [6, 6.07) is 3.42. The second kappa shape index (κ2) is 5.04. The van der Waals surface area contributed by atoms with Crippen molar-refractivity contribution in [2.75, 3.05) is 19.4 Å². The van der Waals surface area contributed by atoms with Gasteiger partial charge in [-0.15, -0.1) is 10.2 Å². The SMILES string of the molecule is CNc1nnc(S(=O)(=O)N(C)Cc2ccco2)s1. The van der Waals surface area contributed by atoms with Gasteiger partial charge in [-0.25, -0.2) is 8.42 Å². The molecule has 0 saturated heterocycles. The Bertz CT molecular complexity index is 606. The molecule has 1 N–H and O–H groups in total. The van der Waals surface area contributed by atoms with Crippen LogP contribution in [-0.4, -0.2) is 37.0 Å². The largest absolute Gasteiger partial charge is 0.468 e. The number of furan rings is 1. The molecule has 2 aromatic heterocycles. The van der Waals surface area contributed by atoms with Gasteiger partial charge in [-0.1, -0.05) is 11.3 Å². The Morgan fingerprint density at radius 1 is 1.50 bits per heavy atom. The average Bonchev–Trinajstić information content (AvgIpc) is 2.99. The van der Waals surface area contributed by atoms with Crippen LogP contribution in [0.2, 0.25) is 0 Å². The smallest absolute Gasteiger partial charge is 0.272 e. The quantitative estimate of drug-likeness (QED) is 0.882. The number of hydrogen-bond donors (Lipinski definition) is 1. The lowest BCUT2D eigenvalue weighted by molar-refractivity contribution is 0.406. The van der Waals surface area contributed by atoms with Gasteiger partial charge in [0.2, 0.25) is 9.47 Å². The lowest BCUT2D eigenvalue weighted by atomic mass is 10.4. The maximum Gasteiger partial charge on any atom is 0.272 e. The topological polar surface area (TPSA) is 88.3 Å². The van der Waals surface area contributed by atoms with Gasteiger partial charge >= 0.3 is 0 Å². The number of nitrogens with zero attached hydrogens (tertiary/aromatic N) is 3. The molecule has 0 bridgehead atoms. The van der Waals surface area contributed by atoms with Crippen LogP contribution in [0.4, 0.5) is 5.13 Å². The molecule has 0 amide bonds. The summed E-state index contributed by atoms with van der Waals surface area (Å²) < 4.78 is 30.5. The molecule has 2 rings (SSSR count). The second-order valence-corrected chi connectivity index (χ2v) is 6.66. The monoisotopic (exact) mass is 288 g/mol. The standard InChI is InChI=1S/C9H12N4O3S2/c1-10-8-11-12-9(17-8)18(14,15)13(2)6-7-4-3-5-16-7/h3-5H,6H2,1-2H3,(H,10,11). The predicted molar refractivity (Wildman–Crippen MR) is 66.8 cm³/mol. The van der Waals surface area contributed by atoms with E-state index in [4.69, 9.17) is 4.42 Å². The summed E-state index contributed by atoms with van der Waals surface area (Å²) in [7, 11) is -0.499. The van der Waals surface area contributed by atoms with Gasteiger partial charge in [0, 0.05) is 14.1 Å². The number of nitrogens with one attached hydrogen (secondary N) is 1. The Hall–Kier alpha value is -1.45. The van der Waals surface area contributed by atoms with Crippen molar-refractivity contribution in [3.05, 3.63) is 24.2 Å². The highest BCUT2D eigenvalue weighted by molar-refractivity contribution is 7.91. The third-order valence-electron chi connectivity index (χ3n) is 2.21. The normalized spacial score (nSPS) is 11.9. The van der Waals surface area contributed by atoms with E-state index in [1.54, 1.807) is 19.2 Å². The molecular weight excluding hydrogens is 276 g/mol. The van der Waals surface area contributed by atoms with Crippen LogP contribution in [-0.2, 0) is 16.6 Å². The molecule has 0 unspecified atom stereocenters. The van der Waals surface area contributed by atoms with Gasteiger partial charge in [-0.05, 0) is 12.1 Å². The van der Waals surface area contributed by atoms with Crippen LogP contribution in [0.5, 0.6) is 0 Å². The van der Waals surface area contributed by atoms with Gasteiger partial charge in [0.25, 0.3) is 10.0 Å². The molecule has 0 aliphatic heterocycles. The van der Waals surface area contributed by atoms with Crippen molar-refractivity contribution in [1.29, 1.82) is 0 Å². The van der Waals surface area contributed by atoms with E-state index < -0.39 is 10.0 Å². The van der Waals surface area contributed by atoms with E-state index in [2.05, 4.69) is 15.5 Å². The highest BCUT2D eigenvalue weighted by atomic mass is 32.2. The zero-order valence-corrected chi connectivity index (χ0v) is 11.5. The van der Waals surface area contributed by atoms with E-state index >= 15 is 0 Å². The minimum atomic E-state index is -3.63. The Balaban J connectivity index is 2.19. The van der Waals surface area contributed by atoms with Crippen molar-refractivity contribution in [1.82, 2.24) is 14.5 Å². The predicted octanol–water partition coefficient (Wildman–Crippen LogP) is 0.993. The third kappa shape index (κ3) is 2.52. The first kappa shape index (κ1) is 13.0. The molecule has 2 heterocycles. The number of rotatable bonds is 5. The van der Waals surface area contributed by atoms with E-state index in [-0.39, 0.29) is 10.9 Å². The molecule has 98 valence electrons. The van der Waals surface area contributed by atoms with Crippen molar-refractivity contribution < 1.29 is 12.8 Å². The first-order valence-electron chi connectivity index (χ1n) is 5.04. The molecule has 0 aliphatic rings. The van der Waals surface area contributed by atoms with Crippen LogP contribution in [0.3, 0.4) is 0 Å². The van der Waals surface area contributed by atoms with E-state index in [1.165, 1.54) is 17.6 Å². The number of aromatic nitrogens is 2. The highest BCUT2D eigenvalue weighted by Gasteiger charge is 2.26. The summed E-state index contributed by atoms with van der Waals surface area (Å²) in [4.78, 5) is 0. The molecular formula is C9H12N4O3S2. The summed E-state index contributed by atoms with van der Waals surface area (Å²) in [6.45, 7) is 0.157. The van der Waals surface area contributed by atoms with E-state index in [1.807, 2.05) is 0 Å². The molecule has 0 radical (unpaired) electrons. The molecule has 0 aromatic carbocycles. The van der Waals surface area contributed by atoms with Gasteiger partial charge in [-0.3, -0.25) is 0 Å². The van der Waals surface area contributed by atoms with Gasteiger partial charge in [0.15, 0.2) is 0 Å². The second-order valence-electron chi connectivity index (χ2n) is 3.46. The summed E-state index contributed by atoms with van der Waals surface area (Å²) >= 11 is 0.987. The molecule has 2 aromatic rings. The van der Waals surface area contributed by atoms with E-state index in [0.29, 0.717) is 10.9 Å². The van der Waals surface area contributed by atoms with Crippen LogP contribution in [0.15, 0.2) is 27.2 Å². The minimum absolute atomic E-state index is 0.0408. The van der Waals surface area contributed by atoms with Crippen molar-refractivity contribution in [3.63, 3.8) is 0 Å². The molecule has 0 fully saturated rings. The highest BCUT2D eigenvalue weighted by Crippen LogP contribution is 2.23. The minimum Gasteiger partial charge on any atom is -0.468 e. The molecule has 7 nitrogen and oxygen atoms in total. The van der Waals surface area contributed by atoms with E-state index in [0.717, 1.165) is 11.3 Å². The fourth-order valence-electron chi connectivity index (χ4n) is 1.26. The van der Waals surface area contributed by atoms with Crippen molar-refractivity contribution in [2.24, 2.45) is 0 Å². The maximum atomic E-state index is 12.2. The number of anilines is 1. The lowest BCUT2D eigenvalue weighted by Gasteiger charge is -2.12. The molecule has 0 spiro atoms. The fourth-order valence-corrected chi connectivity index (χ4v) is 3.43.